The second kappa shape index (κ2) is 6.10. The lowest BCUT2D eigenvalue weighted by molar-refractivity contribution is 0.625. The molecule has 1 aromatic carbocycles. The Hall–Kier alpha value is -0.220. The molecule has 0 saturated carbocycles. The third-order valence-electron chi connectivity index (χ3n) is 3.12. The van der Waals surface area contributed by atoms with E-state index in [9.17, 15) is 4.39 Å². The van der Waals surface area contributed by atoms with Crippen molar-refractivity contribution in [1.29, 1.82) is 0 Å². The average Bonchev–Trinajstić information content (AvgIpc) is 2.38. The van der Waals surface area contributed by atoms with E-state index in [2.05, 4.69) is 39.5 Å². The molecule has 0 amide bonds. The van der Waals surface area contributed by atoms with E-state index in [1.54, 1.807) is 12.1 Å². The summed E-state index contributed by atoms with van der Waals surface area (Å²) in [5, 5.41) is 1.41. The van der Waals surface area contributed by atoms with E-state index in [4.69, 9.17) is 0 Å². The Morgan fingerprint density at radius 1 is 1.53 bits per heavy atom. The maximum atomic E-state index is 13.2. The second-order valence-corrected chi connectivity index (χ2v) is 6.22. The van der Waals surface area contributed by atoms with Crippen LogP contribution in [-0.4, -0.2) is 24.1 Å². The average molecular weight is 318 g/mol. The maximum absolute atomic E-state index is 13.2. The van der Waals surface area contributed by atoms with Gasteiger partial charge in [0.25, 0.3) is 0 Å². The summed E-state index contributed by atoms with van der Waals surface area (Å²) in [5.74, 6) is 1.01. The van der Waals surface area contributed by atoms with Gasteiger partial charge in [-0.15, -0.1) is 0 Å². The number of anilines is 1. The predicted molar refractivity (Wildman–Crippen MR) is 77.8 cm³/mol. The largest absolute Gasteiger partial charge is 0.369 e. The van der Waals surface area contributed by atoms with E-state index in [0.717, 1.165) is 24.4 Å². The van der Waals surface area contributed by atoms with Gasteiger partial charge in [-0.25, -0.2) is 4.39 Å². The van der Waals surface area contributed by atoms with Gasteiger partial charge in [-0.2, -0.15) is 11.8 Å². The minimum Gasteiger partial charge on any atom is -0.369 e. The Balaban J connectivity index is 2.20. The van der Waals surface area contributed by atoms with E-state index in [1.165, 1.54) is 12.1 Å². The Labute approximate surface area is 115 Å². The lowest BCUT2D eigenvalue weighted by Gasteiger charge is -2.34. The van der Waals surface area contributed by atoms with Gasteiger partial charge in [0, 0.05) is 35.1 Å². The number of nitrogens with zero attached hydrogens (tertiary/aromatic N) is 1. The summed E-state index contributed by atoms with van der Waals surface area (Å²) >= 11 is 5.49. The first kappa shape index (κ1) is 13.2. The number of thioether (sulfide) groups is 1. The molecule has 0 bridgehead atoms. The standard InChI is InChI=1S/C13H17BrFNS/c1-2-12-9-16(5-6-17-12)13-4-3-11(15)7-10(13)8-14/h3-4,7,12H,2,5-6,8-9H2,1H3. The third kappa shape index (κ3) is 3.16. The molecule has 0 spiro atoms. The smallest absolute Gasteiger partial charge is 0.123 e. The fourth-order valence-corrected chi connectivity index (χ4v) is 3.78. The van der Waals surface area contributed by atoms with Crippen LogP contribution in [0.3, 0.4) is 0 Å². The van der Waals surface area contributed by atoms with E-state index >= 15 is 0 Å². The molecule has 1 saturated heterocycles. The van der Waals surface area contributed by atoms with Gasteiger partial charge in [-0.05, 0) is 30.2 Å². The van der Waals surface area contributed by atoms with Crippen LogP contribution in [0.5, 0.6) is 0 Å². The molecule has 4 heteroatoms. The summed E-state index contributed by atoms with van der Waals surface area (Å²) in [6, 6.07) is 5.10. The van der Waals surface area contributed by atoms with Crippen LogP contribution < -0.4 is 4.90 Å². The summed E-state index contributed by atoms with van der Waals surface area (Å²) in [5.41, 5.74) is 2.23. The maximum Gasteiger partial charge on any atom is 0.123 e. The van der Waals surface area contributed by atoms with Gasteiger partial charge in [0.2, 0.25) is 0 Å². The van der Waals surface area contributed by atoms with Gasteiger partial charge < -0.3 is 4.90 Å². The Morgan fingerprint density at radius 2 is 2.35 bits per heavy atom. The summed E-state index contributed by atoms with van der Waals surface area (Å²) in [4.78, 5) is 2.39. The molecule has 17 heavy (non-hydrogen) atoms. The molecule has 0 radical (unpaired) electrons. The molecule has 0 N–H and O–H groups in total. The van der Waals surface area contributed by atoms with Gasteiger partial charge in [0.15, 0.2) is 0 Å². The van der Waals surface area contributed by atoms with Crippen molar-refractivity contribution in [2.24, 2.45) is 0 Å². The molecule has 1 aromatic rings. The predicted octanol–water partition coefficient (Wildman–Crippen LogP) is 4.05. The van der Waals surface area contributed by atoms with Crippen LogP contribution in [0.15, 0.2) is 18.2 Å². The van der Waals surface area contributed by atoms with Crippen LogP contribution in [0.25, 0.3) is 0 Å². The zero-order chi connectivity index (χ0) is 12.3. The minimum absolute atomic E-state index is 0.151. The van der Waals surface area contributed by atoms with Crippen molar-refractivity contribution in [3.8, 4) is 0 Å². The van der Waals surface area contributed by atoms with Gasteiger partial charge in [-0.1, -0.05) is 22.9 Å². The molecule has 1 aliphatic heterocycles. The Morgan fingerprint density at radius 3 is 3.06 bits per heavy atom. The molecular formula is C13H17BrFNS. The summed E-state index contributed by atoms with van der Waals surface area (Å²) in [6.45, 7) is 4.37. The van der Waals surface area contributed by atoms with Crippen molar-refractivity contribution >= 4 is 33.4 Å². The monoisotopic (exact) mass is 317 g/mol. The highest BCUT2D eigenvalue weighted by molar-refractivity contribution is 9.08. The molecule has 1 nitrogen and oxygen atoms in total. The fourth-order valence-electron chi connectivity index (χ4n) is 2.15. The van der Waals surface area contributed by atoms with Crippen LogP contribution in [-0.2, 0) is 5.33 Å². The van der Waals surface area contributed by atoms with Crippen molar-refractivity contribution in [3.05, 3.63) is 29.6 Å². The van der Waals surface area contributed by atoms with E-state index in [0.29, 0.717) is 10.6 Å². The third-order valence-corrected chi connectivity index (χ3v) is 5.10. The Bertz CT molecular complexity index is 386. The highest BCUT2D eigenvalue weighted by Gasteiger charge is 2.20. The summed E-state index contributed by atoms with van der Waals surface area (Å²) < 4.78 is 13.2. The van der Waals surface area contributed by atoms with Gasteiger partial charge in [0.1, 0.15) is 5.82 Å². The zero-order valence-electron chi connectivity index (χ0n) is 9.96. The molecule has 1 fully saturated rings. The first-order valence-corrected chi connectivity index (χ1v) is 8.12. The highest BCUT2D eigenvalue weighted by Crippen LogP contribution is 2.29. The van der Waals surface area contributed by atoms with Crippen LogP contribution in [0, 0.1) is 5.82 Å². The van der Waals surface area contributed by atoms with Crippen LogP contribution in [0.4, 0.5) is 10.1 Å². The lowest BCUT2D eigenvalue weighted by atomic mass is 10.1. The summed E-state index contributed by atoms with van der Waals surface area (Å²) in [7, 11) is 0. The molecule has 2 rings (SSSR count). The van der Waals surface area contributed by atoms with Crippen LogP contribution >= 0.6 is 27.7 Å². The van der Waals surface area contributed by atoms with E-state index in [-0.39, 0.29) is 5.82 Å². The number of hydrogen-bond acceptors (Lipinski definition) is 2. The first-order chi connectivity index (χ1) is 8.24. The molecule has 1 heterocycles. The molecule has 1 aliphatic rings. The molecular weight excluding hydrogens is 301 g/mol. The molecule has 1 unspecified atom stereocenters. The Kier molecular flexibility index (Phi) is 4.74. The summed E-state index contributed by atoms with van der Waals surface area (Å²) in [6.07, 6.45) is 1.20. The topological polar surface area (TPSA) is 3.24 Å². The fraction of sp³-hybridized carbons (Fsp3) is 0.538. The van der Waals surface area contributed by atoms with Gasteiger partial charge >= 0.3 is 0 Å². The number of alkyl halides is 1. The molecule has 1 atom stereocenters. The van der Waals surface area contributed by atoms with E-state index in [1.807, 2.05) is 6.07 Å². The number of benzene rings is 1. The molecule has 0 aromatic heterocycles. The number of rotatable bonds is 3. The highest BCUT2D eigenvalue weighted by atomic mass is 79.9. The first-order valence-electron chi connectivity index (χ1n) is 5.95. The van der Waals surface area contributed by atoms with Gasteiger partial charge in [-0.3, -0.25) is 0 Å². The van der Waals surface area contributed by atoms with Gasteiger partial charge in [0.05, 0.1) is 0 Å². The molecule has 0 aliphatic carbocycles. The zero-order valence-corrected chi connectivity index (χ0v) is 12.4. The quantitative estimate of drug-likeness (QED) is 0.774. The molecule has 94 valence electrons. The van der Waals surface area contributed by atoms with Crippen molar-refractivity contribution < 1.29 is 4.39 Å². The van der Waals surface area contributed by atoms with Crippen LogP contribution in [0.2, 0.25) is 0 Å². The second-order valence-electron chi connectivity index (χ2n) is 4.25. The van der Waals surface area contributed by atoms with Crippen molar-refractivity contribution in [1.82, 2.24) is 0 Å². The van der Waals surface area contributed by atoms with Crippen LogP contribution in [0.1, 0.15) is 18.9 Å². The number of hydrogen-bond donors (Lipinski definition) is 0. The lowest BCUT2D eigenvalue weighted by Crippen LogP contribution is -2.38. The SMILES string of the molecule is CCC1CN(c2ccc(F)cc2CBr)CCS1. The van der Waals surface area contributed by atoms with E-state index < -0.39 is 0 Å². The normalized spacial score (nSPS) is 20.6. The van der Waals surface area contributed by atoms with Crippen molar-refractivity contribution in [2.75, 3.05) is 23.7 Å². The van der Waals surface area contributed by atoms with Crippen molar-refractivity contribution in [3.63, 3.8) is 0 Å². The minimum atomic E-state index is -0.151. The van der Waals surface area contributed by atoms with Crippen molar-refractivity contribution in [2.45, 2.75) is 23.9 Å². The number of halogens is 2.